The number of hydrogen-bond donors (Lipinski definition) is 3. The fourth-order valence-electron chi connectivity index (χ4n) is 5.79. The molecule has 3 amide bonds. The summed E-state index contributed by atoms with van der Waals surface area (Å²) < 4.78 is -1.03. The van der Waals surface area contributed by atoms with Gasteiger partial charge in [-0.15, -0.1) is 11.8 Å². The molecule has 1 spiro atoms. The number of para-hydroxylation sites is 1. The van der Waals surface area contributed by atoms with Crippen LogP contribution in [0.15, 0.2) is 30.3 Å². The number of amides is 3. The summed E-state index contributed by atoms with van der Waals surface area (Å²) in [5.41, 5.74) is 0.264. The van der Waals surface area contributed by atoms with Crippen LogP contribution < -0.4 is 10.6 Å². The summed E-state index contributed by atoms with van der Waals surface area (Å²) in [6.07, 6.45) is 1.90. The molecule has 0 aliphatic carbocycles. The molecule has 5 atom stereocenters. The third-order valence-electron chi connectivity index (χ3n) is 6.90. The molecule has 3 saturated heterocycles. The zero-order chi connectivity index (χ0) is 23.3. The molecule has 2 unspecified atom stereocenters. The second-order valence-corrected chi connectivity index (χ2v) is 12.3. The summed E-state index contributed by atoms with van der Waals surface area (Å²) >= 11 is 1.66. The lowest BCUT2D eigenvalue weighted by molar-refractivity contribution is -0.140. The fourth-order valence-corrected chi connectivity index (χ4v) is 8.14. The molecular formula is C24H33N3O4S. The van der Waals surface area contributed by atoms with Crippen LogP contribution in [0.3, 0.4) is 0 Å². The number of aliphatic hydroxyl groups is 1. The van der Waals surface area contributed by atoms with Crippen molar-refractivity contribution in [2.75, 3.05) is 18.5 Å². The quantitative estimate of drug-likeness (QED) is 0.607. The number of benzene rings is 1. The van der Waals surface area contributed by atoms with Crippen LogP contribution in [-0.4, -0.2) is 62.0 Å². The summed E-state index contributed by atoms with van der Waals surface area (Å²) in [6.45, 7) is 8.07. The van der Waals surface area contributed by atoms with Crippen LogP contribution in [0.5, 0.6) is 0 Å². The Morgan fingerprint density at radius 2 is 1.88 bits per heavy atom. The first-order chi connectivity index (χ1) is 15.0. The summed E-state index contributed by atoms with van der Waals surface area (Å²) in [4.78, 5) is 42.3. The molecule has 2 bridgehead atoms. The van der Waals surface area contributed by atoms with Crippen molar-refractivity contribution in [3.63, 3.8) is 0 Å². The molecule has 3 fully saturated rings. The predicted molar refractivity (Wildman–Crippen MR) is 125 cm³/mol. The summed E-state index contributed by atoms with van der Waals surface area (Å²) in [5, 5.41) is 15.5. The lowest BCUT2D eigenvalue weighted by atomic mass is 9.66. The van der Waals surface area contributed by atoms with E-state index in [1.54, 1.807) is 16.7 Å². The van der Waals surface area contributed by atoms with Gasteiger partial charge in [-0.2, -0.15) is 0 Å². The van der Waals surface area contributed by atoms with Crippen molar-refractivity contribution in [3.05, 3.63) is 30.3 Å². The summed E-state index contributed by atoms with van der Waals surface area (Å²) in [6, 6.07) is 8.63. The Bertz CT molecular complexity index is 918. The van der Waals surface area contributed by atoms with Gasteiger partial charge in [0.1, 0.15) is 6.04 Å². The number of rotatable bonds is 6. The highest BCUT2D eigenvalue weighted by atomic mass is 32.2. The monoisotopic (exact) mass is 459 g/mol. The molecule has 8 heteroatoms. The third-order valence-corrected chi connectivity index (χ3v) is 8.89. The number of likely N-dealkylation sites (tertiary alicyclic amines) is 1. The molecule has 0 saturated carbocycles. The maximum absolute atomic E-state index is 13.7. The predicted octanol–water partition coefficient (Wildman–Crippen LogP) is 2.40. The number of thioether (sulfide) groups is 1. The van der Waals surface area contributed by atoms with Crippen LogP contribution in [-0.2, 0) is 14.4 Å². The van der Waals surface area contributed by atoms with Gasteiger partial charge in [-0.25, -0.2) is 0 Å². The van der Waals surface area contributed by atoms with Crippen molar-refractivity contribution in [1.82, 2.24) is 10.2 Å². The number of nitrogens with zero attached hydrogens (tertiary/aromatic N) is 1. The normalized spacial score (nSPS) is 33.3. The highest BCUT2D eigenvalue weighted by Crippen LogP contribution is 2.71. The number of anilines is 1. The maximum atomic E-state index is 13.7. The molecular weight excluding hydrogens is 426 g/mol. The summed E-state index contributed by atoms with van der Waals surface area (Å²) in [7, 11) is 0. The van der Waals surface area contributed by atoms with E-state index in [0.717, 1.165) is 12.8 Å². The van der Waals surface area contributed by atoms with E-state index in [-0.39, 0.29) is 24.3 Å². The first-order valence-electron chi connectivity index (χ1n) is 11.3. The molecule has 3 heterocycles. The van der Waals surface area contributed by atoms with Crippen LogP contribution in [0.2, 0.25) is 0 Å². The average Bonchev–Trinajstić information content (AvgIpc) is 3.26. The molecule has 4 rings (SSSR count). The number of nitrogens with one attached hydrogen (secondary N) is 2. The van der Waals surface area contributed by atoms with E-state index >= 15 is 0 Å². The second kappa shape index (κ2) is 8.06. The fraction of sp³-hybridized carbons (Fsp3) is 0.625. The van der Waals surface area contributed by atoms with Crippen molar-refractivity contribution in [2.45, 2.75) is 68.0 Å². The van der Waals surface area contributed by atoms with Gasteiger partial charge in [0.2, 0.25) is 17.7 Å². The van der Waals surface area contributed by atoms with Crippen molar-refractivity contribution in [1.29, 1.82) is 0 Å². The maximum Gasteiger partial charge on any atom is 0.244 e. The van der Waals surface area contributed by atoms with Crippen molar-refractivity contribution in [3.8, 4) is 0 Å². The Hall–Kier alpha value is -2.06. The van der Waals surface area contributed by atoms with Gasteiger partial charge >= 0.3 is 0 Å². The number of hydrogen-bond acceptors (Lipinski definition) is 5. The van der Waals surface area contributed by atoms with E-state index in [0.29, 0.717) is 18.7 Å². The van der Waals surface area contributed by atoms with Gasteiger partial charge in [-0.3, -0.25) is 14.4 Å². The van der Waals surface area contributed by atoms with E-state index in [4.69, 9.17) is 0 Å². The van der Waals surface area contributed by atoms with Crippen LogP contribution in [0.4, 0.5) is 5.69 Å². The third kappa shape index (κ3) is 3.71. The average molecular weight is 460 g/mol. The van der Waals surface area contributed by atoms with E-state index in [9.17, 15) is 19.5 Å². The molecule has 32 heavy (non-hydrogen) atoms. The standard InChI is InChI=1S/C24H33N3O4S/c1-22(2,3)26-20(30)18-24-12-11-23(4,32-24)16(17(24)21(31)27(18)13-8-14-28)19(29)25-15-9-6-5-7-10-15/h5-7,9-10,16-18,28H,8,11-14H2,1-4H3,(H,25,29)(H,26,30)/t16-,17-,18?,23+,24?/m0/s1. The van der Waals surface area contributed by atoms with Crippen LogP contribution in [0, 0.1) is 11.8 Å². The zero-order valence-electron chi connectivity index (χ0n) is 19.2. The Labute approximate surface area is 193 Å². The van der Waals surface area contributed by atoms with E-state index in [2.05, 4.69) is 17.6 Å². The van der Waals surface area contributed by atoms with Crippen molar-refractivity contribution < 1.29 is 19.5 Å². The van der Waals surface area contributed by atoms with E-state index < -0.39 is 32.9 Å². The SMILES string of the molecule is CC(C)(C)NC(=O)C1N(CCCO)C(=O)[C@@H]2[C@@H](C(=O)Nc3ccccc3)[C@@]3(C)CCC12S3. The minimum Gasteiger partial charge on any atom is -0.396 e. The van der Waals surface area contributed by atoms with Crippen molar-refractivity contribution >= 4 is 35.2 Å². The smallest absolute Gasteiger partial charge is 0.244 e. The van der Waals surface area contributed by atoms with Gasteiger partial charge in [0.25, 0.3) is 0 Å². The Kier molecular flexibility index (Phi) is 5.82. The van der Waals surface area contributed by atoms with Gasteiger partial charge in [0, 0.05) is 29.1 Å². The molecule has 174 valence electrons. The zero-order valence-corrected chi connectivity index (χ0v) is 20.0. The van der Waals surface area contributed by atoms with Crippen LogP contribution in [0.25, 0.3) is 0 Å². The van der Waals surface area contributed by atoms with Gasteiger partial charge in [0.15, 0.2) is 0 Å². The largest absolute Gasteiger partial charge is 0.396 e. The van der Waals surface area contributed by atoms with Gasteiger partial charge in [-0.05, 0) is 59.1 Å². The van der Waals surface area contributed by atoms with Gasteiger partial charge < -0.3 is 20.6 Å². The van der Waals surface area contributed by atoms with Gasteiger partial charge in [0.05, 0.1) is 16.6 Å². The Balaban J connectivity index is 1.70. The molecule has 3 aliphatic heterocycles. The Morgan fingerprint density at radius 3 is 2.50 bits per heavy atom. The lowest BCUT2D eigenvalue weighted by Crippen LogP contribution is -2.57. The van der Waals surface area contributed by atoms with E-state index in [1.165, 1.54) is 0 Å². The molecule has 0 radical (unpaired) electrons. The Morgan fingerprint density at radius 1 is 1.19 bits per heavy atom. The first-order valence-corrected chi connectivity index (χ1v) is 12.1. The first kappa shape index (κ1) is 23.1. The minimum absolute atomic E-state index is 0.0577. The summed E-state index contributed by atoms with van der Waals surface area (Å²) in [5.74, 6) is -1.55. The topological polar surface area (TPSA) is 98.7 Å². The van der Waals surface area contributed by atoms with E-state index in [1.807, 2.05) is 51.1 Å². The minimum atomic E-state index is -0.646. The second-order valence-electron chi connectivity index (χ2n) is 10.4. The molecule has 1 aromatic carbocycles. The molecule has 0 aromatic heterocycles. The highest BCUT2D eigenvalue weighted by Gasteiger charge is 2.77. The molecule has 1 aromatic rings. The number of carbonyl (C=O) groups excluding carboxylic acids is 3. The van der Waals surface area contributed by atoms with Crippen molar-refractivity contribution in [2.24, 2.45) is 11.8 Å². The van der Waals surface area contributed by atoms with Crippen LogP contribution >= 0.6 is 11.8 Å². The van der Waals surface area contributed by atoms with Crippen LogP contribution in [0.1, 0.15) is 47.0 Å². The molecule has 3 N–H and O–H groups in total. The van der Waals surface area contributed by atoms with Gasteiger partial charge in [-0.1, -0.05) is 18.2 Å². The number of fused-ring (bicyclic) bond motifs is 1. The number of aliphatic hydroxyl groups excluding tert-OH is 1. The lowest BCUT2D eigenvalue weighted by Gasteiger charge is -2.36. The highest BCUT2D eigenvalue weighted by molar-refractivity contribution is 8.02. The number of carbonyl (C=O) groups is 3. The molecule has 7 nitrogen and oxygen atoms in total. The molecule has 3 aliphatic rings.